The van der Waals surface area contributed by atoms with Crippen molar-refractivity contribution >= 4 is 65.7 Å². The molecule has 0 aliphatic carbocycles. The number of aromatic nitrogens is 4. The molecule has 0 unspecified atom stereocenters. The Balaban J connectivity index is 1.02. The van der Waals surface area contributed by atoms with Crippen LogP contribution in [0.3, 0.4) is 0 Å². The van der Waals surface area contributed by atoms with Crippen LogP contribution in [0.1, 0.15) is 0 Å². The molecule has 0 N–H and O–H groups in total. The topological polar surface area (TPSA) is 48.8 Å². The van der Waals surface area contributed by atoms with Crippen LogP contribution in [0.25, 0.3) is 99.6 Å². The summed E-state index contributed by atoms with van der Waals surface area (Å²) in [6.07, 6.45) is 1.80. The van der Waals surface area contributed by atoms with E-state index in [1.54, 1.807) is 6.20 Å². The van der Waals surface area contributed by atoms with Gasteiger partial charge in [-0.2, -0.15) is 0 Å². The molecule has 51 heavy (non-hydrogen) atoms. The molecule has 0 amide bonds. The Labute approximate surface area is 292 Å². The van der Waals surface area contributed by atoms with Crippen LogP contribution < -0.4 is 0 Å². The first-order chi connectivity index (χ1) is 25.3. The van der Waals surface area contributed by atoms with Crippen molar-refractivity contribution in [1.82, 2.24) is 19.1 Å². The van der Waals surface area contributed by atoms with Gasteiger partial charge in [-0.1, -0.05) is 103 Å². The zero-order valence-corrected chi connectivity index (χ0v) is 27.4. The van der Waals surface area contributed by atoms with Crippen LogP contribution in [-0.4, -0.2) is 19.1 Å². The third-order valence-corrected chi connectivity index (χ3v) is 10.2. The summed E-state index contributed by atoms with van der Waals surface area (Å²) in [6.45, 7) is 0. The van der Waals surface area contributed by atoms with Gasteiger partial charge in [-0.25, -0.2) is 9.97 Å². The summed E-state index contributed by atoms with van der Waals surface area (Å²) >= 11 is 0. The maximum Gasteiger partial charge on any atom is 0.172 e. The van der Waals surface area contributed by atoms with Crippen LogP contribution >= 0.6 is 0 Å². The molecule has 4 aromatic heterocycles. The predicted molar refractivity (Wildman–Crippen MR) is 209 cm³/mol. The van der Waals surface area contributed by atoms with Crippen molar-refractivity contribution in [2.75, 3.05) is 0 Å². The van der Waals surface area contributed by atoms with Crippen molar-refractivity contribution in [3.05, 3.63) is 170 Å². The Morgan fingerprint density at radius 2 is 0.882 bits per heavy atom. The standard InChI is InChI=1S/C46H28N4O/c1-5-19-39-34(15-1)35-16-2-6-20-40(35)49(39)32-13-9-11-29(25-32)30-23-24-43-38(27-30)45-44(51-43)28-47-46(48-45)31-12-10-14-33(26-31)50-41-21-7-3-17-36(41)37-18-4-8-22-42(37)50/h1-28H. The fraction of sp³-hybridized carbons (Fsp3) is 0. The molecule has 4 heterocycles. The number of hydrogen-bond acceptors (Lipinski definition) is 3. The fourth-order valence-electron chi connectivity index (χ4n) is 7.89. The smallest absolute Gasteiger partial charge is 0.172 e. The zero-order valence-electron chi connectivity index (χ0n) is 27.4. The van der Waals surface area contributed by atoms with Crippen LogP contribution in [0.2, 0.25) is 0 Å². The van der Waals surface area contributed by atoms with Gasteiger partial charge >= 0.3 is 0 Å². The fourth-order valence-corrected chi connectivity index (χ4v) is 7.89. The van der Waals surface area contributed by atoms with E-state index in [4.69, 9.17) is 14.4 Å². The SMILES string of the molecule is c1cc(-c2ccc3oc4cnc(-c5cccc(-n6c7ccccc7c7ccccc76)c5)nc4c3c2)cc(-n2c3ccccc3c3ccccc32)c1. The van der Waals surface area contributed by atoms with Crippen LogP contribution in [-0.2, 0) is 0 Å². The number of hydrogen-bond donors (Lipinski definition) is 0. The molecule has 11 rings (SSSR count). The Morgan fingerprint density at radius 1 is 0.392 bits per heavy atom. The lowest BCUT2D eigenvalue weighted by atomic mass is 10.0. The lowest BCUT2D eigenvalue weighted by Crippen LogP contribution is -1.95. The van der Waals surface area contributed by atoms with Gasteiger partial charge in [0.05, 0.1) is 28.3 Å². The summed E-state index contributed by atoms with van der Waals surface area (Å²) in [6, 6.07) is 57.9. The lowest BCUT2D eigenvalue weighted by molar-refractivity contribution is 0.666. The third-order valence-electron chi connectivity index (χ3n) is 10.2. The van der Waals surface area contributed by atoms with Crippen molar-refractivity contribution in [2.45, 2.75) is 0 Å². The van der Waals surface area contributed by atoms with Gasteiger partial charge < -0.3 is 13.6 Å². The molecule has 0 aliphatic rings. The molecule has 238 valence electrons. The molecule has 0 saturated carbocycles. The first-order valence-corrected chi connectivity index (χ1v) is 17.2. The van der Waals surface area contributed by atoms with Crippen LogP contribution in [0, 0.1) is 0 Å². The average molecular weight is 653 g/mol. The van der Waals surface area contributed by atoms with E-state index in [9.17, 15) is 0 Å². The number of rotatable bonds is 4. The summed E-state index contributed by atoms with van der Waals surface area (Å²) in [4.78, 5) is 9.90. The molecule has 0 fully saturated rings. The third kappa shape index (κ3) is 4.22. The first kappa shape index (κ1) is 27.9. The molecule has 0 atom stereocenters. The van der Waals surface area contributed by atoms with Crippen molar-refractivity contribution in [1.29, 1.82) is 0 Å². The van der Waals surface area contributed by atoms with E-state index < -0.39 is 0 Å². The average Bonchev–Trinajstić information content (AvgIpc) is 3.85. The second-order valence-electron chi connectivity index (χ2n) is 13.1. The van der Waals surface area contributed by atoms with Crippen molar-refractivity contribution < 1.29 is 4.42 Å². The van der Waals surface area contributed by atoms with E-state index in [0.717, 1.165) is 44.6 Å². The number of furan rings is 1. The molecular formula is C46H28N4O. The summed E-state index contributed by atoms with van der Waals surface area (Å²) < 4.78 is 10.9. The Hall–Kier alpha value is -6.98. The van der Waals surface area contributed by atoms with Crippen molar-refractivity contribution in [3.8, 4) is 33.9 Å². The van der Waals surface area contributed by atoms with Gasteiger partial charge in [0.1, 0.15) is 11.1 Å². The predicted octanol–water partition coefficient (Wildman–Crippen LogP) is 11.9. The quantitative estimate of drug-likeness (QED) is 0.190. The number of nitrogens with zero attached hydrogens (tertiary/aromatic N) is 4. The molecule has 0 bridgehead atoms. The maximum absolute atomic E-state index is 6.26. The molecule has 5 nitrogen and oxygen atoms in total. The van der Waals surface area contributed by atoms with Gasteiger partial charge in [0, 0.05) is 43.9 Å². The largest absolute Gasteiger partial charge is 0.453 e. The molecule has 11 aromatic rings. The second kappa shape index (κ2) is 10.8. The van der Waals surface area contributed by atoms with Crippen LogP contribution in [0.4, 0.5) is 0 Å². The van der Waals surface area contributed by atoms with Gasteiger partial charge in [-0.05, 0) is 71.8 Å². The highest BCUT2D eigenvalue weighted by Crippen LogP contribution is 2.37. The molecule has 0 radical (unpaired) electrons. The van der Waals surface area contributed by atoms with Gasteiger partial charge in [0.2, 0.25) is 0 Å². The molecule has 0 aliphatic heterocycles. The maximum atomic E-state index is 6.26. The molecule has 5 heteroatoms. The zero-order chi connectivity index (χ0) is 33.5. The van der Waals surface area contributed by atoms with Crippen molar-refractivity contribution in [3.63, 3.8) is 0 Å². The highest BCUT2D eigenvalue weighted by molar-refractivity contribution is 6.10. The summed E-state index contributed by atoms with van der Waals surface area (Å²) in [7, 11) is 0. The van der Waals surface area contributed by atoms with Gasteiger partial charge in [0.15, 0.2) is 11.4 Å². The van der Waals surface area contributed by atoms with Gasteiger partial charge in [-0.15, -0.1) is 0 Å². The summed E-state index contributed by atoms with van der Waals surface area (Å²) in [5.74, 6) is 0.659. The number of fused-ring (bicyclic) bond motifs is 9. The van der Waals surface area contributed by atoms with E-state index in [1.807, 2.05) is 6.07 Å². The van der Waals surface area contributed by atoms with E-state index in [1.165, 1.54) is 43.6 Å². The van der Waals surface area contributed by atoms with Crippen LogP contribution in [0.5, 0.6) is 0 Å². The van der Waals surface area contributed by atoms with Gasteiger partial charge in [-0.3, -0.25) is 0 Å². The van der Waals surface area contributed by atoms with E-state index >= 15 is 0 Å². The molecule has 0 spiro atoms. The van der Waals surface area contributed by atoms with Gasteiger partial charge in [0.25, 0.3) is 0 Å². The summed E-state index contributed by atoms with van der Waals surface area (Å²) in [5.41, 5.74) is 12.3. The minimum Gasteiger partial charge on any atom is -0.453 e. The minimum absolute atomic E-state index is 0.659. The molecule has 7 aromatic carbocycles. The Bertz CT molecular complexity index is 2840. The number of benzene rings is 7. The van der Waals surface area contributed by atoms with E-state index in [-0.39, 0.29) is 0 Å². The second-order valence-corrected chi connectivity index (χ2v) is 13.1. The minimum atomic E-state index is 0.659. The highest BCUT2D eigenvalue weighted by Gasteiger charge is 2.16. The Morgan fingerprint density at radius 3 is 1.45 bits per heavy atom. The van der Waals surface area contributed by atoms with E-state index in [0.29, 0.717) is 11.4 Å². The normalized spacial score (nSPS) is 11.9. The Kier molecular flexibility index (Phi) is 5.89. The van der Waals surface area contributed by atoms with Crippen molar-refractivity contribution in [2.24, 2.45) is 0 Å². The lowest BCUT2D eigenvalue weighted by Gasteiger charge is -2.10. The monoisotopic (exact) mass is 652 g/mol. The first-order valence-electron chi connectivity index (χ1n) is 17.2. The highest BCUT2D eigenvalue weighted by atomic mass is 16.3. The van der Waals surface area contributed by atoms with Crippen LogP contribution in [0.15, 0.2) is 174 Å². The number of para-hydroxylation sites is 4. The molecule has 0 saturated heterocycles. The molecular weight excluding hydrogens is 625 g/mol. The summed E-state index contributed by atoms with van der Waals surface area (Å²) in [5, 5.41) is 5.93. The van der Waals surface area contributed by atoms with E-state index in [2.05, 4.69) is 167 Å².